The number of thioether (sulfide) groups is 1. The fraction of sp³-hybridized carbons (Fsp3) is 0.333. The molecule has 0 saturated heterocycles. The Morgan fingerprint density at radius 2 is 2.11 bits per heavy atom. The molecule has 0 bridgehead atoms. The average molecular weight is 269 g/mol. The summed E-state index contributed by atoms with van der Waals surface area (Å²) in [4.78, 5) is 12.9. The Morgan fingerprint density at radius 1 is 1.44 bits per heavy atom. The maximum absolute atomic E-state index is 13.3. The van der Waals surface area contributed by atoms with E-state index < -0.39 is 5.82 Å². The minimum absolute atomic E-state index is 0.0168. The molecule has 98 valence electrons. The zero-order valence-corrected chi connectivity index (χ0v) is 11.2. The van der Waals surface area contributed by atoms with Crippen LogP contribution in [0.2, 0.25) is 0 Å². The topological polar surface area (TPSA) is 70.2 Å². The van der Waals surface area contributed by atoms with Gasteiger partial charge >= 0.3 is 0 Å². The number of hydrogen-bond donors (Lipinski definition) is 2. The van der Waals surface area contributed by atoms with Crippen molar-refractivity contribution >= 4 is 23.5 Å². The molecule has 0 atom stereocenters. The maximum Gasteiger partial charge on any atom is 0.232 e. The lowest BCUT2D eigenvalue weighted by molar-refractivity contribution is -0.125. The molecular weight excluding hydrogens is 253 g/mol. The first kappa shape index (κ1) is 14.5. The van der Waals surface area contributed by atoms with Crippen molar-refractivity contribution in [1.82, 2.24) is 4.90 Å². The van der Waals surface area contributed by atoms with E-state index in [0.717, 1.165) is 5.56 Å². The molecule has 0 fully saturated rings. The summed E-state index contributed by atoms with van der Waals surface area (Å²) in [6, 6.07) is 4.28. The molecule has 0 saturated carbocycles. The van der Waals surface area contributed by atoms with E-state index in [-0.39, 0.29) is 11.7 Å². The van der Waals surface area contributed by atoms with Crippen LogP contribution >= 0.6 is 11.8 Å². The molecule has 1 amide bonds. The van der Waals surface area contributed by atoms with Crippen LogP contribution in [0.25, 0.3) is 0 Å². The van der Waals surface area contributed by atoms with Crippen LogP contribution in [0.1, 0.15) is 11.1 Å². The van der Waals surface area contributed by atoms with E-state index in [1.165, 1.54) is 28.8 Å². The van der Waals surface area contributed by atoms with Gasteiger partial charge in [-0.1, -0.05) is 0 Å². The second kappa shape index (κ2) is 6.39. The van der Waals surface area contributed by atoms with Gasteiger partial charge in [-0.05, 0) is 23.8 Å². The predicted molar refractivity (Wildman–Crippen MR) is 72.3 cm³/mol. The first-order chi connectivity index (χ1) is 8.40. The zero-order chi connectivity index (χ0) is 13.7. The highest BCUT2D eigenvalue weighted by molar-refractivity contribution is 7.99. The second-order valence-corrected chi connectivity index (χ2v) is 5.03. The van der Waals surface area contributed by atoms with Crippen LogP contribution in [0, 0.1) is 11.2 Å². The number of nitrogen functional groups attached to an aromatic ring is 1. The van der Waals surface area contributed by atoms with Gasteiger partial charge in [0, 0.05) is 25.4 Å². The Hall–Kier alpha value is -1.56. The van der Waals surface area contributed by atoms with Crippen LogP contribution in [0.4, 0.5) is 4.39 Å². The zero-order valence-electron chi connectivity index (χ0n) is 10.4. The van der Waals surface area contributed by atoms with Crippen molar-refractivity contribution in [3.05, 3.63) is 35.1 Å². The van der Waals surface area contributed by atoms with Gasteiger partial charge in [-0.3, -0.25) is 10.2 Å². The maximum atomic E-state index is 13.3. The van der Waals surface area contributed by atoms with Crippen LogP contribution in [0.15, 0.2) is 18.2 Å². The monoisotopic (exact) mass is 269 g/mol. The number of carbonyl (C=O) groups is 1. The first-order valence-corrected chi connectivity index (χ1v) is 6.47. The highest BCUT2D eigenvalue weighted by Gasteiger charge is 2.06. The summed E-state index contributed by atoms with van der Waals surface area (Å²) in [5.41, 5.74) is 6.40. The fourth-order valence-corrected chi connectivity index (χ4v) is 2.21. The lowest BCUT2D eigenvalue weighted by Gasteiger charge is -2.10. The van der Waals surface area contributed by atoms with Gasteiger partial charge in [-0.15, -0.1) is 11.8 Å². The predicted octanol–water partition coefficient (Wildman–Crippen LogP) is 1.43. The number of benzene rings is 1. The molecule has 0 aliphatic rings. The molecule has 0 heterocycles. The number of hydrogen-bond acceptors (Lipinski definition) is 3. The molecule has 0 aliphatic heterocycles. The van der Waals surface area contributed by atoms with Crippen molar-refractivity contribution in [2.45, 2.75) is 5.75 Å². The summed E-state index contributed by atoms with van der Waals surface area (Å²) < 4.78 is 13.3. The van der Waals surface area contributed by atoms with E-state index in [4.69, 9.17) is 11.1 Å². The average Bonchev–Trinajstić information content (AvgIpc) is 2.27. The molecule has 0 aromatic heterocycles. The summed E-state index contributed by atoms with van der Waals surface area (Å²) in [5, 5.41) is 7.27. The molecule has 0 unspecified atom stereocenters. The van der Waals surface area contributed by atoms with E-state index in [9.17, 15) is 9.18 Å². The Kier molecular flexibility index (Phi) is 5.15. The van der Waals surface area contributed by atoms with Crippen LogP contribution in [0.5, 0.6) is 0 Å². The summed E-state index contributed by atoms with van der Waals surface area (Å²) in [6.07, 6.45) is 0. The molecule has 1 rings (SSSR count). The number of amides is 1. The standard InChI is InChI=1S/C12H16FN3OS/c1-16(2)11(17)7-18-6-8-3-9(12(14)15)5-10(13)4-8/h3-5H,6-7H2,1-2H3,(H3,14,15). The Morgan fingerprint density at radius 3 is 2.67 bits per heavy atom. The number of nitrogens with one attached hydrogen (secondary N) is 1. The lowest BCUT2D eigenvalue weighted by Crippen LogP contribution is -2.23. The van der Waals surface area contributed by atoms with Crippen molar-refractivity contribution in [1.29, 1.82) is 5.41 Å². The SMILES string of the molecule is CN(C)C(=O)CSCc1cc(F)cc(C(=N)N)c1. The van der Waals surface area contributed by atoms with Crippen LogP contribution < -0.4 is 5.73 Å². The van der Waals surface area contributed by atoms with Crippen molar-refractivity contribution in [2.75, 3.05) is 19.8 Å². The van der Waals surface area contributed by atoms with Gasteiger partial charge in [0.25, 0.3) is 0 Å². The third kappa shape index (κ3) is 4.37. The molecule has 0 radical (unpaired) electrons. The highest BCUT2D eigenvalue weighted by atomic mass is 32.2. The van der Waals surface area contributed by atoms with Gasteiger partial charge in [0.2, 0.25) is 5.91 Å². The van der Waals surface area contributed by atoms with Gasteiger partial charge in [-0.2, -0.15) is 0 Å². The van der Waals surface area contributed by atoms with E-state index in [2.05, 4.69) is 0 Å². The minimum atomic E-state index is -0.419. The van der Waals surface area contributed by atoms with Crippen molar-refractivity contribution in [3.63, 3.8) is 0 Å². The Labute approximate surface area is 110 Å². The van der Waals surface area contributed by atoms with Crippen molar-refractivity contribution in [2.24, 2.45) is 5.73 Å². The van der Waals surface area contributed by atoms with Gasteiger partial charge < -0.3 is 10.6 Å². The summed E-state index contributed by atoms with van der Waals surface area (Å²) in [5.74, 6) is 0.293. The Bertz CT molecular complexity index is 463. The third-order valence-corrected chi connectivity index (χ3v) is 3.25. The molecule has 18 heavy (non-hydrogen) atoms. The van der Waals surface area contributed by atoms with E-state index in [1.54, 1.807) is 20.2 Å². The van der Waals surface area contributed by atoms with Crippen LogP contribution in [-0.2, 0) is 10.5 Å². The largest absolute Gasteiger partial charge is 0.384 e. The summed E-state index contributed by atoms with van der Waals surface area (Å²) in [6.45, 7) is 0. The molecule has 3 N–H and O–H groups in total. The number of nitrogens with two attached hydrogens (primary N) is 1. The van der Waals surface area contributed by atoms with E-state index in [0.29, 0.717) is 17.1 Å². The first-order valence-electron chi connectivity index (χ1n) is 5.32. The second-order valence-electron chi connectivity index (χ2n) is 4.04. The number of nitrogens with zero attached hydrogens (tertiary/aromatic N) is 1. The highest BCUT2D eigenvalue weighted by Crippen LogP contribution is 2.16. The number of carbonyl (C=O) groups excluding carboxylic acids is 1. The molecule has 6 heteroatoms. The summed E-state index contributed by atoms with van der Waals surface area (Å²) >= 11 is 1.40. The molecule has 1 aromatic rings. The molecule has 1 aromatic carbocycles. The van der Waals surface area contributed by atoms with Crippen molar-refractivity contribution < 1.29 is 9.18 Å². The van der Waals surface area contributed by atoms with Gasteiger partial charge in [0.05, 0.1) is 5.75 Å². The number of amidine groups is 1. The molecular formula is C12H16FN3OS. The minimum Gasteiger partial charge on any atom is -0.384 e. The van der Waals surface area contributed by atoms with E-state index >= 15 is 0 Å². The van der Waals surface area contributed by atoms with Gasteiger partial charge in [0.15, 0.2) is 0 Å². The Balaban J connectivity index is 2.62. The quantitative estimate of drug-likeness (QED) is 0.627. The molecule has 0 aliphatic carbocycles. The number of rotatable bonds is 5. The van der Waals surface area contributed by atoms with Crippen molar-refractivity contribution in [3.8, 4) is 0 Å². The number of halogens is 1. The van der Waals surface area contributed by atoms with E-state index in [1.807, 2.05) is 0 Å². The lowest BCUT2D eigenvalue weighted by atomic mass is 10.1. The third-order valence-electron chi connectivity index (χ3n) is 2.26. The van der Waals surface area contributed by atoms with Gasteiger partial charge in [-0.25, -0.2) is 4.39 Å². The molecule has 0 spiro atoms. The normalized spacial score (nSPS) is 10.2. The van der Waals surface area contributed by atoms with Crippen LogP contribution in [0.3, 0.4) is 0 Å². The van der Waals surface area contributed by atoms with Crippen LogP contribution in [-0.4, -0.2) is 36.5 Å². The smallest absolute Gasteiger partial charge is 0.232 e. The fourth-order valence-electron chi connectivity index (χ4n) is 1.27. The summed E-state index contributed by atoms with van der Waals surface area (Å²) in [7, 11) is 3.39. The van der Waals surface area contributed by atoms with Gasteiger partial charge in [0.1, 0.15) is 11.7 Å². The molecule has 4 nitrogen and oxygen atoms in total.